The molecule has 28 heavy (non-hydrogen) atoms. The Hall–Kier alpha value is -2.04. The van der Waals surface area contributed by atoms with Crippen LogP contribution in [0.5, 0.6) is 0 Å². The summed E-state index contributed by atoms with van der Waals surface area (Å²) in [6.07, 6.45) is 3.09. The predicted molar refractivity (Wildman–Crippen MR) is 108 cm³/mol. The number of rotatable bonds is 2. The summed E-state index contributed by atoms with van der Waals surface area (Å²) in [5, 5.41) is 2.88. The molecule has 2 amide bonds. The van der Waals surface area contributed by atoms with E-state index in [4.69, 9.17) is 4.74 Å². The minimum atomic E-state index is -0.349. The van der Waals surface area contributed by atoms with Gasteiger partial charge in [-0.1, -0.05) is 45.0 Å². The average molecular weight is 385 g/mol. The van der Waals surface area contributed by atoms with Crippen molar-refractivity contribution in [1.29, 1.82) is 0 Å². The van der Waals surface area contributed by atoms with Crippen molar-refractivity contribution in [2.45, 2.75) is 76.3 Å². The van der Waals surface area contributed by atoms with Gasteiger partial charge in [-0.2, -0.15) is 0 Å². The summed E-state index contributed by atoms with van der Waals surface area (Å²) in [7, 11) is 0. The lowest BCUT2D eigenvalue weighted by atomic mass is 9.68. The van der Waals surface area contributed by atoms with Crippen molar-refractivity contribution in [3.05, 3.63) is 35.4 Å². The van der Waals surface area contributed by atoms with Crippen LogP contribution in [0.25, 0.3) is 0 Å². The SMILES string of the molecule is C[C@@H]1C[C@H](c2ccc(C(C)(C)C)cc2)CCN1C(=O)C1CC2(COC(=O)N2)C1. The zero-order valence-corrected chi connectivity index (χ0v) is 17.5. The lowest BCUT2D eigenvalue weighted by molar-refractivity contribution is -0.144. The van der Waals surface area contributed by atoms with E-state index in [0.29, 0.717) is 25.4 Å². The van der Waals surface area contributed by atoms with E-state index in [9.17, 15) is 9.59 Å². The number of carbonyl (C=O) groups is 2. The third-order valence-electron chi connectivity index (χ3n) is 6.88. The van der Waals surface area contributed by atoms with Gasteiger partial charge in [0.1, 0.15) is 6.61 Å². The smallest absolute Gasteiger partial charge is 0.407 e. The van der Waals surface area contributed by atoms with Crippen LogP contribution in [0.4, 0.5) is 4.79 Å². The maximum atomic E-state index is 13.0. The molecule has 0 unspecified atom stereocenters. The zero-order chi connectivity index (χ0) is 20.1. The van der Waals surface area contributed by atoms with Crippen molar-refractivity contribution in [3.8, 4) is 0 Å². The summed E-state index contributed by atoms with van der Waals surface area (Å²) in [4.78, 5) is 26.3. The largest absolute Gasteiger partial charge is 0.447 e. The molecule has 4 rings (SSSR count). The minimum absolute atomic E-state index is 0.0204. The van der Waals surface area contributed by atoms with Gasteiger partial charge in [-0.3, -0.25) is 4.79 Å². The summed E-state index contributed by atoms with van der Waals surface area (Å²) < 4.78 is 5.02. The molecule has 2 aliphatic heterocycles. The fraction of sp³-hybridized carbons (Fsp3) is 0.652. The van der Waals surface area contributed by atoms with Gasteiger partial charge in [0.05, 0.1) is 5.54 Å². The number of alkyl carbamates (subject to hydrolysis) is 1. The molecule has 3 fully saturated rings. The molecular formula is C23H32N2O3. The van der Waals surface area contributed by atoms with E-state index in [2.05, 4.69) is 62.2 Å². The number of hydrogen-bond acceptors (Lipinski definition) is 3. The van der Waals surface area contributed by atoms with Gasteiger partial charge in [0, 0.05) is 18.5 Å². The Labute approximate surface area is 167 Å². The number of ether oxygens (including phenoxy) is 1. The Kier molecular flexibility index (Phi) is 4.67. The molecule has 1 spiro atoms. The molecule has 0 aromatic heterocycles. The predicted octanol–water partition coefficient (Wildman–Crippen LogP) is 3.97. The number of benzene rings is 1. The monoisotopic (exact) mass is 384 g/mol. The number of piperidine rings is 1. The highest BCUT2D eigenvalue weighted by atomic mass is 16.6. The molecule has 152 valence electrons. The molecule has 1 aliphatic carbocycles. The van der Waals surface area contributed by atoms with Crippen molar-refractivity contribution >= 4 is 12.0 Å². The number of nitrogens with one attached hydrogen (secondary N) is 1. The first-order valence-corrected chi connectivity index (χ1v) is 10.5. The number of likely N-dealkylation sites (tertiary alicyclic amines) is 1. The summed E-state index contributed by atoms with van der Waals surface area (Å²) in [5.41, 5.74) is 2.64. The van der Waals surface area contributed by atoms with Crippen LogP contribution in [0.1, 0.15) is 70.4 Å². The fourth-order valence-corrected chi connectivity index (χ4v) is 5.06. The van der Waals surface area contributed by atoms with E-state index in [1.807, 2.05) is 0 Å². The molecule has 1 saturated carbocycles. The number of carbonyl (C=O) groups excluding carboxylic acids is 2. The molecule has 0 radical (unpaired) electrons. The summed E-state index contributed by atoms with van der Waals surface area (Å²) >= 11 is 0. The van der Waals surface area contributed by atoms with E-state index in [-0.39, 0.29) is 34.9 Å². The topological polar surface area (TPSA) is 58.6 Å². The quantitative estimate of drug-likeness (QED) is 0.839. The van der Waals surface area contributed by atoms with Crippen LogP contribution in [0.2, 0.25) is 0 Å². The van der Waals surface area contributed by atoms with Crippen molar-refractivity contribution in [2.24, 2.45) is 5.92 Å². The second kappa shape index (κ2) is 6.78. The van der Waals surface area contributed by atoms with E-state index in [1.54, 1.807) is 0 Å². The summed E-state index contributed by atoms with van der Waals surface area (Å²) in [5.74, 6) is 0.788. The van der Waals surface area contributed by atoms with Crippen molar-refractivity contribution in [3.63, 3.8) is 0 Å². The Bertz CT molecular complexity index is 759. The normalized spacial score (nSPS) is 32.6. The first-order valence-electron chi connectivity index (χ1n) is 10.5. The summed E-state index contributed by atoms with van der Waals surface area (Å²) in [6, 6.07) is 9.30. The Morgan fingerprint density at radius 1 is 1.21 bits per heavy atom. The maximum absolute atomic E-state index is 13.0. The molecule has 5 heteroatoms. The Morgan fingerprint density at radius 2 is 1.89 bits per heavy atom. The van der Waals surface area contributed by atoms with E-state index < -0.39 is 0 Å². The molecule has 0 bridgehead atoms. The lowest BCUT2D eigenvalue weighted by Crippen LogP contribution is -2.59. The van der Waals surface area contributed by atoms with Gasteiger partial charge in [-0.05, 0) is 55.1 Å². The third-order valence-corrected chi connectivity index (χ3v) is 6.88. The Balaban J connectivity index is 1.34. The second-order valence-electron chi connectivity index (χ2n) is 10.1. The van der Waals surface area contributed by atoms with Gasteiger partial charge >= 0.3 is 6.09 Å². The van der Waals surface area contributed by atoms with Gasteiger partial charge < -0.3 is 15.0 Å². The number of nitrogens with zero attached hydrogens (tertiary/aromatic N) is 1. The maximum Gasteiger partial charge on any atom is 0.407 e. The van der Waals surface area contributed by atoms with Crippen molar-refractivity contribution in [2.75, 3.05) is 13.2 Å². The van der Waals surface area contributed by atoms with Crippen LogP contribution < -0.4 is 5.32 Å². The van der Waals surface area contributed by atoms with Gasteiger partial charge in [-0.25, -0.2) is 4.79 Å². The highest BCUT2D eigenvalue weighted by molar-refractivity contribution is 5.82. The van der Waals surface area contributed by atoms with Crippen LogP contribution >= 0.6 is 0 Å². The fourth-order valence-electron chi connectivity index (χ4n) is 5.06. The number of cyclic esters (lactones) is 1. The molecule has 5 nitrogen and oxygen atoms in total. The number of hydrogen-bond donors (Lipinski definition) is 1. The third kappa shape index (κ3) is 3.51. The first-order chi connectivity index (χ1) is 13.2. The highest BCUT2D eigenvalue weighted by Crippen LogP contribution is 2.43. The van der Waals surface area contributed by atoms with Crippen LogP contribution in [0.3, 0.4) is 0 Å². The first kappa shape index (κ1) is 19.3. The lowest BCUT2D eigenvalue weighted by Gasteiger charge is -2.46. The molecule has 2 saturated heterocycles. The van der Waals surface area contributed by atoms with Gasteiger partial charge in [0.25, 0.3) is 0 Å². The minimum Gasteiger partial charge on any atom is -0.447 e. The molecule has 2 atom stereocenters. The van der Waals surface area contributed by atoms with E-state index in [0.717, 1.165) is 19.4 Å². The van der Waals surface area contributed by atoms with Gasteiger partial charge in [0.15, 0.2) is 0 Å². The molecule has 1 aromatic rings. The molecule has 1 N–H and O–H groups in total. The van der Waals surface area contributed by atoms with Gasteiger partial charge in [0.2, 0.25) is 5.91 Å². The van der Waals surface area contributed by atoms with Crippen LogP contribution in [0, 0.1) is 5.92 Å². The second-order valence-corrected chi connectivity index (χ2v) is 10.1. The van der Waals surface area contributed by atoms with Crippen LogP contribution in [-0.4, -0.2) is 41.6 Å². The van der Waals surface area contributed by atoms with Gasteiger partial charge in [-0.15, -0.1) is 0 Å². The highest BCUT2D eigenvalue weighted by Gasteiger charge is 2.53. The summed E-state index contributed by atoms with van der Waals surface area (Å²) in [6.45, 7) is 10.1. The molecule has 2 heterocycles. The van der Waals surface area contributed by atoms with E-state index in [1.165, 1.54) is 11.1 Å². The van der Waals surface area contributed by atoms with Crippen LogP contribution in [0.15, 0.2) is 24.3 Å². The van der Waals surface area contributed by atoms with Crippen molar-refractivity contribution in [1.82, 2.24) is 10.2 Å². The van der Waals surface area contributed by atoms with Crippen LogP contribution in [-0.2, 0) is 14.9 Å². The van der Waals surface area contributed by atoms with Crippen molar-refractivity contribution < 1.29 is 14.3 Å². The molecular weight excluding hydrogens is 352 g/mol. The Morgan fingerprint density at radius 3 is 2.43 bits per heavy atom. The standard InChI is InChI=1S/C23H32N2O3/c1-15-11-17(16-5-7-19(8-6-16)22(2,3)4)9-10-25(15)20(26)18-12-23(13-18)14-28-21(27)24-23/h5-8,15,17-18H,9-14H2,1-4H3,(H,24,27)/t15-,17-,18?,23?/m1/s1. The number of amides is 2. The molecule has 3 aliphatic rings. The van der Waals surface area contributed by atoms with E-state index >= 15 is 0 Å². The average Bonchev–Trinajstić information content (AvgIpc) is 3.01. The molecule has 1 aromatic carbocycles. The zero-order valence-electron chi connectivity index (χ0n) is 17.5.